The molecule has 0 aromatic heterocycles. The Morgan fingerprint density at radius 2 is 1.67 bits per heavy atom. The number of rotatable bonds is 4. The normalized spacial score (nSPS) is 48.6. The molecule has 0 amide bonds. The lowest BCUT2D eigenvalue weighted by Gasteiger charge is -2.62. The Hall–Kier alpha value is -0.620. The molecule has 0 bridgehead atoms. The number of aliphatic hydroxyl groups is 1. The summed E-state index contributed by atoms with van der Waals surface area (Å²) in [7, 11) is 0. The first-order chi connectivity index (χ1) is 13.9. The molecular formula is C24H37F3O3. The number of carbonyl (C=O) groups is 1. The Morgan fingerprint density at radius 3 is 2.37 bits per heavy atom. The SMILES string of the molecule is C[C@]1(O)CC[C@]2(C)C3CC[C@@]4(C)C(CC[C@@H]4COCC(=O)C(F)(F)F)C3CC[C@H]2C1. The Balaban J connectivity index is 1.42. The van der Waals surface area contributed by atoms with Crippen LogP contribution in [0.3, 0.4) is 0 Å². The summed E-state index contributed by atoms with van der Waals surface area (Å²) in [6.45, 7) is 6.18. The van der Waals surface area contributed by atoms with Crippen LogP contribution in [-0.2, 0) is 9.53 Å². The van der Waals surface area contributed by atoms with E-state index < -0.39 is 24.2 Å². The van der Waals surface area contributed by atoms with E-state index in [9.17, 15) is 23.1 Å². The zero-order valence-corrected chi connectivity index (χ0v) is 18.6. The second-order valence-corrected chi connectivity index (χ2v) is 11.6. The molecule has 172 valence electrons. The van der Waals surface area contributed by atoms with Crippen LogP contribution in [0.15, 0.2) is 0 Å². The number of hydrogen-bond acceptors (Lipinski definition) is 3. The molecule has 3 unspecified atom stereocenters. The molecular weight excluding hydrogens is 393 g/mol. The Labute approximate surface area is 178 Å². The number of hydrogen-bond donors (Lipinski definition) is 1. The van der Waals surface area contributed by atoms with E-state index in [0.717, 1.165) is 38.5 Å². The summed E-state index contributed by atoms with van der Waals surface area (Å²) in [4.78, 5) is 11.1. The summed E-state index contributed by atoms with van der Waals surface area (Å²) >= 11 is 0. The van der Waals surface area contributed by atoms with E-state index in [2.05, 4.69) is 13.8 Å². The smallest absolute Gasteiger partial charge is 0.390 e. The number of carbonyl (C=O) groups excluding carboxylic acids is 1. The largest absolute Gasteiger partial charge is 0.452 e. The molecule has 0 spiro atoms. The molecule has 6 heteroatoms. The summed E-state index contributed by atoms with van der Waals surface area (Å²) in [5.74, 6) is 1.02. The van der Waals surface area contributed by atoms with Gasteiger partial charge < -0.3 is 9.84 Å². The van der Waals surface area contributed by atoms with Crippen molar-refractivity contribution in [1.29, 1.82) is 0 Å². The number of halogens is 3. The molecule has 4 saturated carbocycles. The van der Waals surface area contributed by atoms with Crippen LogP contribution < -0.4 is 0 Å². The number of ether oxygens (including phenoxy) is 1. The van der Waals surface area contributed by atoms with E-state index in [1.807, 2.05) is 6.92 Å². The average Bonchev–Trinajstić information content (AvgIpc) is 2.98. The molecule has 8 atom stereocenters. The number of fused-ring (bicyclic) bond motifs is 5. The minimum absolute atomic E-state index is 0.103. The van der Waals surface area contributed by atoms with Crippen molar-refractivity contribution in [3.63, 3.8) is 0 Å². The molecule has 0 aromatic carbocycles. The van der Waals surface area contributed by atoms with Crippen molar-refractivity contribution >= 4 is 5.78 Å². The summed E-state index contributed by atoms with van der Waals surface area (Å²) in [6.07, 6.45) is 4.86. The van der Waals surface area contributed by atoms with Gasteiger partial charge in [0.1, 0.15) is 6.61 Å². The first-order valence-corrected chi connectivity index (χ1v) is 11.8. The summed E-state index contributed by atoms with van der Waals surface area (Å²) < 4.78 is 42.6. The van der Waals surface area contributed by atoms with E-state index in [4.69, 9.17) is 4.74 Å². The van der Waals surface area contributed by atoms with Crippen molar-refractivity contribution in [3.05, 3.63) is 0 Å². The van der Waals surface area contributed by atoms with Gasteiger partial charge in [-0.3, -0.25) is 4.79 Å². The van der Waals surface area contributed by atoms with Gasteiger partial charge in [-0.05, 0) is 105 Å². The monoisotopic (exact) mass is 430 g/mol. The first-order valence-electron chi connectivity index (χ1n) is 11.8. The van der Waals surface area contributed by atoms with Gasteiger partial charge in [0.2, 0.25) is 0 Å². The highest BCUT2D eigenvalue weighted by atomic mass is 19.4. The average molecular weight is 431 g/mol. The van der Waals surface area contributed by atoms with E-state index >= 15 is 0 Å². The van der Waals surface area contributed by atoms with Gasteiger partial charge in [0.25, 0.3) is 5.78 Å². The third kappa shape index (κ3) is 3.74. The number of Topliss-reactive ketones (excluding diaryl/α,β-unsaturated/α-hetero) is 1. The maximum Gasteiger partial charge on any atom is 0.452 e. The topological polar surface area (TPSA) is 46.5 Å². The maximum atomic E-state index is 12.5. The van der Waals surface area contributed by atoms with Gasteiger partial charge in [0.15, 0.2) is 0 Å². The van der Waals surface area contributed by atoms with Crippen molar-refractivity contribution in [3.8, 4) is 0 Å². The van der Waals surface area contributed by atoms with E-state index in [1.54, 1.807) is 0 Å². The van der Waals surface area contributed by atoms with Crippen molar-refractivity contribution in [2.75, 3.05) is 13.2 Å². The van der Waals surface area contributed by atoms with Crippen LogP contribution in [0, 0.1) is 40.4 Å². The molecule has 3 nitrogen and oxygen atoms in total. The first kappa shape index (κ1) is 22.6. The highest BCUT2D eigenvalue weighted by Crippen LogP contribution is 2.67. The van der Waals surface area contributed by atoms with Crippen LogP contribution in [-0.4, -0.2) is 35.9 Å². The Morgan fingerprint density at radius 1 is 0.967 bits per heavy atom. The number of ketones is 1. The lowest BCUT2D eigenvalue weighted by atomic mass is 9.44. The summed E-state index contributed by atoms with van der Waals surface area (Å²) in [5.41, 5.74) is -0.115. The van der Waals surface area contributed by atoms with Crippen molar-refractivity contribution < 1.29 is 27.8 Å². The standard InChI is InChI=1S/C24H37F3O3/c1-21(29)10-11-23(3)15(12-21)4-6-17-18-7-5-16(22(18,2)9-8-19(17)23)13-30-14-20(28)24(25,26)27/h15-19,29H,4-14H2,1-3H3/t15-,16+,17?,18?,19?,21-,22+,23-/m0/s1. The van der Waals surface area contributed by atoms with E-state index in [0.29, 0.717) is 29.1 Å². The quantitative estimate of drug-likeness (QED) is 0.637. The van der Waals surface area contributed by atoms with Gasteiger partial charge in [0.05, 0.1) is 12.2 Å². The number of alkyl halides is 3. The third-order valence-electron chi connectivity index (χ3n) is 10.0. The molecule has 0 saturated heterocycles. The predicted octanol–water partition coefficient (Wildman–Crippen LogP) is 5.54. The van der Waals surface area contributed by atoms with Gasteiger partial charge in [-0.15, -0.1) is 0 Å². The van der Waals surface area contributed by atoms with Gasteiger partial charge in [-0.1, -0.05) is 13.8 Å². The summed E-state index contributed by atoms with van der Waals surface area (Å²) in [6, 6.07) is 0. The van der Waals surface area contributed by atoms with E-state index in [-0.39, 0.29) is 17.9 Å². The minimum Gasteiger partial charge on any atom is -0.390 e. The fraction of sp³-hybridized carbons (Fsp3) is 0.958. The second-order valence-electron chi connectivity index (χ2n) is 11.6. The van der Waals surface area contributed by atoms with Crippen molar-refractivity contribution in [2.24, 2.45) is 40.4 Å². The van der Waals surface area contributed by atoms with Crippen LogP contribution >= 0.6 is 0 Å². The van der Waals surface area contributed by atoms with Crippen molar-refractivity contribution in [2.45, 2.75) is 90.3 Å². The zero-order chi connectivity index (χ0) is 21.9. The van der Waals surface area contributed by atoms with Crippen molar-refractivity contribution in [1.82, 2.24) is 0 Å². The lowest BCUT2D eigenvalue weighted by molar-refractivity contribution is -0.176. The third-order valence-corrected chi connectivity index (χ3v) is 10.0. The summed E-state index contributed by atoms with van der Waals surface area (Å²) in [5, 5.41) is 10.6. The molecule has 4 rings (SSSR count). The highest BCUT2D eigenvalue weighted by molar-refractivity contribution is 5.85. The second kappa shape index (κ2) is 7.47. The molecule has 0 aliphatic heterocycles. The van der Waals surface area contributed by atoms with Gasteiger partial charge in [-0.2, -0.15) is 13.2 Å². The zero-order valence-electron chi connectivity index (χ0n) is 18.6. The van der Waals surface area contributed by atoms with Crippen LogP contribution in [0.5, 0.6) is 0 Å². The molecule has 30 heavy (non-hydrogen) atoms. The lowest BCUT2D eigenvalue weighted by Crippen LogP contribution is -2.55. The molecule has 1 N–H and O–H groups in total. The highest BCUT2D eigenvalue weighted by Gasteiger charge is 2.60. The van der Waals surface area contributed by atoms with Crippen LogP contribution in [0.1, 0.15) is 78.6 Å². The molecule has 4 aliphatic carbocycles. The Bertz CT molecular complexity index is 675. The molecule has 4 fully saturated rings. The molecule has 0 heterocycles. The fourth-order valence-corrected chi connectivity index (χ4v) is 8.19. The predicted molar refractivity (Wildman–Crippen MR) is 108 cm³/mol. The molecule has 0 radical (unpaired) electrons. The van der Waals surface area contributed by atoms with Crippen LogP contribution in [0.2, 0.25) is 0 Å². The van der Waals surface area contributed by atoms with E-state index in [1.165, 1.54) is 19.3 Å². The van der Waals surface area contributed by atoms with Crippen LogP contribution in [0.25, 0.3) is 0 Å². The minimum atomic E-state index is -4.81. The molecule has 0 aromatic rings. The van der Waals surface area contributed by atoms with Gasteiger partial charge in [-0.25, -0.2) is 0 Å². The van der Waals surface area contributed by atoms with Gasteiger partial charge >= 0.3 is 6.18 Å². The maximum absolute atomic E-state index is 12.5. The fourth-order valence-electron chi connectivity index (χ4n) is 8.19. The molecule has 4 aliphatic rings. The van der Waals surface area contributed by atoms with Crippen LogP contribution in [0.4, 0.5) is 13.2 Å². The van der Waals surface area contributed by atoms with Gasteiger partial charge in [0, 0.05) is 0 Å². The Kier molecular flexibility index (Phi) is 5.62.